The molecule has 1 nitrogen and oxygen atoms in total. The Bertz CT molecular complexity index is 373. The van der Waals surface area contributed by atoms with E-state index >= 15 is 0 Å². The Kier molecular flexibility index (Phi) is 3.16. The van der Waals surface area contributed by atoms with Crippen LogP contribution in [0.4, 0.5) is 0 Å². The Labute approximate surface area is 126 Å². The Hall–Kier alpha value is -0.0400. The van der Waals surface area contributed by atoms with Crippen molar-refractivity contribution in [3.8, 4) is 0 Å². The maximum atomic E-state index is 3.64. The average Bonchev–Trinajstić information content (AvgIpc) is 2.18. The number of hydrogen-bond acceptors (Lipinski definition) is 1. The van der Waals surface area contributed by atoms with Crippen LogP contribution >= 0.6 is 0 Å². The van der Waals surface area contributed by atoms with Crippen LogP contribution < -0.4 is 5.32 Å². The van der Waals surface area contributed by atoms with Crippen molar-refractivity contribution in [2.24, 2.45) is 27.6 Å². The standard InChI is InChI=1S/C19H35N/c1-16(2,3)15(20-6)10-19-9-14-7-17(4,12-19)11-18(5,8-14)13-19/h14-15,20H,7-13H2,1-6H3. The number of hydrogen-bond donors (Lipinski definition) is 1. The maximum absolute atomic E-state index is 3.64. The van der Waals surface area contributed by atoms with Crippen molar-refractivity contribution >= 4 is 0 Å². The second kappa shape index (κ2) is 4.24. The molecule has 116 valence electrons. The highest BCUT2D eigenvalue weighted by molar-refractivity contribution is 5.11. The molecule has 0 spiro atoms. The Morgan fingerprint density at radius 3 is 1.95 bits per heavy atom. The molecule has 0 heterocycles. The Balaban J connectivity index is 1.85. The fraction of sp³-hybridized carbons (Fsp3) is 1.00. The van der Waals surface area contributed by atoms with Crippen LogP contribution in [0.5, 0.6) is 0 Å². The molecule has 0 radical (unpaired) electrons. The van der Waals surface area contributed by atoms with E-state index in [4.69, 9.17) is 0 Å². The molecule has 0 amide bonds. The minimum Gasteiger partial charge on any atom is -0.316 e. The van der Waals surface area contributed by atoms with Crippen molar-refractivity contribution in [3.63, 3.8) is 0 Å². The van der Waals surface area contributed by atoms with Gasteiger partial charge in [0.15, 0.2) is 0 Å². The first-order valence-electron chi connectivity index (χ1n) is 8.75. The molecule has 0 aromatic rings. The average molecular weight is 277 g/mol. The van der Waals surface area contributed by atoms with E-state index in [9.17, 15) is 0 Å². The molecule has 1 N–H and O–H groups in total. The number of nitrogens with one attached hydrogen (secondary N) is 1. The summed E-state index contributed by atoms with van der Waals surface area (Å²) in [6, 6.07) is 0.658. The van der Waals surface area contributed by atoms with E-state index in [1.54, 1.807) is 0 Å². The molecule has 4 bridgehead atoms. The van der Waals surface area contributed by atoms with Crippen LogP contribution in [0.25, 0.3) is 0 Å². The largest absolute Gasteiger partial charge is 0.316 e. The maximum Gasteiger partial charge on any atom is 0.0118 e. The van der Waals surface area contributed by atoms with Crippen molar-refractivity contribution in [1.29, 1.82) is 0 Å². The fourth-order valence-electron chi connectivity index (χ4n) is 7.19. The summed E-state index contributed by atoms with van der Waals surface area (Å²) in [5, 5.41) is 3.64. The summed E-state index contributed by atoms with van der Waals surface area (Å²) in [5.41, 5.74) is 2.33. The van der Waals surface area contributed by atoms with Crippen LogP contribution in [0.1, 0.15) is 79.6 Å². The lowest BCUT2D eigenvalue weighted by atomic mass is 9.39. The van der Waals surface area contributed by atoms with Gasteiger partial charge in [-0.05, 0) is 79.6 Å². The van der Waals surface area contributed by atoms with Gasteiger partial charge >= 0.3 is 0 Å². The first-order chi connectivity index (χ1) is 9.07. The summed E-state index contributed by atoms with van der Waals surface area (Å²) in [7, 11) is 2.17. The van der Waals surface area contributed by atoms with Gasteiger partial charge in [-0.2, -0.15) is 0 Å². The zero-order valence-corrected chi connectivity index (χ0v) is 14.6. The van der Waals surface area contributed by atoms with Crippen molar-refractivity contribution in [2.75, 3.05) is 7.05 Å². The Morgan fingerprint density at radius 2 is 1.55 bits per heavy atom. The van der Waals surface area contributed by atoms with Crippen LogP contribution in [0.15, 0.2) is 0 Å². The van der Waals surface area contributed by atoms with Crippen LogP contribution in [-0.4, -0.2) is 13.1 Å². The quantitative estimate of drug-likeness (QED) is 0.765. The summed E-state index contributed by atoms with van der Waals surface area (Å²) in [5.74, 6) is 1.03. The molecule has 0 aliphatic heterocycles. The molecule has 4 aliphatic carbocycles. The lowest BCUT2D eigenvalue weighted by Gasteiger charge is -2.66. The van der Waals surface area contributed by atoms with E-state index in [2.05, 4.69) is 47.0 Å². The van der Waals surface area contributed by atoms with Gasteiger partial charge < -0.3 is 5.32 Å². The van der Waals surface area contributed by atoms with E-state index in [0.29, 0.717) is 27.7 Å². The molecule has 3 unspecified atom stereocenters. The predicted octanol–water partition coefficient (Wildman–Crippen LogP) is 5.01. The highest BCUT2D eigenvalue weighted by Gasteiger charge is 2.60. The normalized spacial score (nSPS) is 48.6. The molecule has 0 saturated heterocycles. The lowest BCUT2D eigenvalue weighted by Crippen LogP contribution is -2.57. The van der Waals surface area contributed by atoms with Crippen molar-refractivity contribution in [2.45, 2.75) is 85.6 Å². The number of rotatable bonds is 3. The SMILES string of the molecule is CNC(CC12CC3CC(C)(CC(C)(C3)C1)C2)C(C)(C)C. The monoisotopic (exact) mass is 277 g/mol. The first kappa shape index (κ1) is 14.9. The lowest BCUT2D eigenvalue weighted by molar-refractivity contribution is -0.152. The van der Waals surface area contributed by atoms with Crippen LogP contribution in [0.2, 0.25) is 0 Å². The van der Waals surface area contributed by atoms with E-state index in [0.717, 1.165) is 5.92 Å². The molecule has 3 atom stereocenters. The summed E-state index contributed by atoms with van der Waals surface area (Å²) in [6.07, 6.45) is 10.5. The molecule has 4 saturated carbocycles. The molecule has 0 aromatic carbocycles. The van der Waals surface area contributed by atoms with E-state index < -0.39 is 0 Å². The van der Waals surface area contributed by atoms with E-state index in [-0.39, 0.29) is 0 Å². The van der Waals surface area contributed by atoms with Crippen molar-refractivity contribution in [1.82, 2.24) is 5.32 Å². The second-order valence-electron chi connectivity index (χ2n) is 10.5. The highest BCUT2D eigenvalue weighted by atomic mass is 14.9. The van der Waals surface area contributed by atoms with Gasteiger partial charge in [0.2, 0.25) is 0 Å². The Morgan fingerprint density at radius 1 is 1.00 bits per heavy atom. The second-order valence-corrected chi connectivity index (χ2v) is 10.5. The molecule has 1 heteroatoms. The molecular formula is C19H35N. The van der Waals surface area contributed by atoms with E-state index in [1.165, 1.54) is 44.9 Å². The van der Waals surface area contributed by atoms with Crippen LogP contribution in [0.3, 0.4) is 0 Å². The zero-order valence-electron chi connectivity index (χ0n) is 14.6. The minimum absolute atomic E-state index is 0.375. The first-order valence-corrected chi connectivity index (χ1v) is 8.75. The summed E-state index contributed by atoms with van der Waals surface area (Å²) in [4.78, 5) is 0. The summed E-state index contributed by atoms with van der Waals surface area (Å²) >= 11 is 0. The smallest absolute Gasteiger partial charge is 0.0118 e. The topological polar surface area (TPSA) is 12.0 Å². The van der Waals surface area contributed by atoms with Gasteiger partial charge in [0.05, 0.1) is 0 Å². The van der Waals surface area contributed by atoms with E-state index in [1.807, 2.05) is 0 Å². The van der Waals surface area contributed by atoms with Gasteiger partial charge in [0, 0.05) is 6.04 Å². The predicted molar refractivity (Wildman–Crippen MR) is 86.8 cm³/mol. The third-order valence-corrected chi connectivity index (χ3v) is 6.77. The minimum atomic E-state index is 0.375. The van der Waals surface area contributed by atoms with Gasteiger partial charge in [-0.15, -0.1) is 0 Å². The summed E-state index contributed by atoms with van der Waals surface area (Å²) in [6.45, 7) is 12.4. The highest BCUT2D eigenvalue weighted by Crippen LogP contribution is 2.70. The third kappa shape index (κ3) is 2.45. The van der Waals surface area contributed by atoms with Crippen LogP contribution in [0, 0.1) is 27.6 Å². The third-order valence-electron chi connectivity index (χ3n) is 6.77. The molecule has 4 fully saturated rings. The molecule has 20 heavy (non-hydrogen) atoms. The van der Waals surface area contributed by atoms with Gasteiger partial charge in [-0.25, -0.2) is 0 Å². The summed E-state index contributed by atoms with van der Waals surface area (Å²) < 4.78 is 0. The van der Waals surface area contributed by atoms with Crippen LogP contribution in [-0.2, 0) is 0 Å². The van der Waals surface area contributed by atoms with Gasteiger partial charge in [-0.1, -0.05) is 34.6 Å². The molecular weight excluding hydrogens is 242 g/mol. The fourth-order valence-corrected chi connectivity index (χ4v) is 7.19. The van der Waals surface area contributed by atoms with Gasteiger partial charge in [0.25, 0.3) is 0 Å². The van der Waals surface area contributed by atoms with Gasteiger partial charge in [0.1, 0.15) is 0 Å². The molecule has 4 aliphatic rings. The molecule has 0 aromatic heterocycles. The van der Waals surface area contributed by atoms with Gasteiger partial charge in [-0.3, -0.25) is 0 Å². The van der Waals surface area contributed by atoms with Crippen molar-refractivity contribution in [3.05, 3.63) is 0 Å². The molecule has 4 rings (SSSR count). The van der Waals surface area contributed by atoms with Crippen molar-refractivity contribution < 1.29 is 0 Å². The zero-order chi connectivity index (χ0) is 14.8.